The zero-order valence-electron chi connectivity index (χ0n) is 13.7. The van der Waals surface area contributed by atoms with Crippen molar-refractivity contribution in [2.75, 3.05) is 25.9 Å². The van der Waals surface area contributed by atoms with E-state index in [-0.39, 0.29) is 11.9 Å². The number of ether oxygens (including phenoxy) is 1. The first-order valence-electron chi connectivity index (χ1n) is 7.72. The molecule has 2 N–H and O–H groups in total. The van der Waals surface area contributed by atoms with Crippen LogP contribution in [0.4, 0.5) is 5.69 Å². The lowest BCUT2D eigenvalue weighted by atomic mass is 10.1. The molecule has 0 atom stereocenters. The number of hydrogen-bond donors (Lipinski definition) is 1. The molecule has 0 radical (unpaired) electrons. The lowest BCUT2D eigenvalue weighted by molar-refractivity contribution is 0.0969. The number of unbranched alkanes of at least 4 members (excludes halogenated alkanes) is 1. The van der Waals surface area contributed by atoms with E-state index in [0.717, 1.165) is 13.1 Å². The van der Waals surface area contributed by atoms with Gasteiger partial charge in [0.25, 0.3) is 0 Å². The average molecular weight is 292 g/mol. The van der Waals surface area contributed by atoms with Crippen LogP contribution < -0.4 is 10.5 Å². The Morgan fingerprint density at radius 3 is 2.62 bits per heavy atom. The number of Topliss-reactive ketones (excluding diaryl/α,β-unsaturated/α-hetero) is 1. The first-order valence-corrected chi connectivity index (χ1v) is 7.72. The van der Waals surface area contributed by atoms with Crippen LogP contribution in [0.15, 0.2) is 18.2 Å². The Hall–Kier alpha value is -1.55. The minimum Gasteiger partial charge on any atom is -0.489 e. The molecule has 0 bridgehead atoms. The topological polar surface area (TPSA) is 55.6 Å². The summed E-state index contributed by atoms with van der Waals surface area (Å²) < 4.78 is 5.58. The number of rotatable bonds is 9. The molecule has 0 aliphatic heterocycles. The maximum atomic E-state index is 12.2. The molecule has 0 spiro atoms. The Bertz CT molecular complexity index is 458. The van der Waals surface area contributed by atoms with Crippen molar-refractivity contribution in [3.63, 3.8) is 0 Å². The second-order valence-corrected chi connectivity index (χ2v) is 5.75. The van der Waals surface area contributed by atoms with Crippen LogP contribution in [0.3, 0.4) is 0 Å². The standard InChI is InChI=1S/C17H28N2O2/c1-5-6-10-19(4)11-9-16(20)14-7-8-17(15(18)12-14)21-13(2)3/h7-8,12-13H,5-6,9-11,18H2,1-4H3. The second-order valence-electron chi connectivity index (χ2n) is 5.75. The first-order chi connectivity index (χ1) is 9.93. The summed E-state index contributed by atoms with van der Waals surface area (Å²) >= 11 is 0. The number of nitrogen functional groups attached to an aromatic ring is 1. The van der Waals surface area contributed by atoms with Crippen LogP contribution in [0.25, 0.3) is 0 Å². The Morgan fingerprint density at radius 2 is 2.05 bits per heavy atom. The van der Waals surface area contributed by atoms with Crippen LogP contribution in [0.5, 0.6) is 5.75 Å². The number of ketones is 1. The van der Waals surface area contributed by atoms with Gasteiger partial charge >= 0.3 is 0 Å². The van der Waals surface area contributed by atoms with E-state index < -0.39 is 0 Å². The molecule has 21 heavy (non-hydrogen) atoms. The Morgan fingerprint density at radius 1 is 1.33 bits per heavy atom. The van der Waals surface area contributed by atoms with Crippen LogP contribution in [-0.2, 0) is 0 Å². The van der Waals surface area contributed by atoms with Gasteiger partial charge in [-0.25, -0.2) is 0 Å². The maximum Gasteiger partial charge on any atom is 0.164 e. The van der Waals surface area contributed by atoms with E-state index in [9.17, 15) is 4.79 Å². The summed E-state index contributed by atoms with van der Waals surface area (Å²) in [6.45, 7) is 7.88. The number of benzene rings is 1. The van der Waals surface area contributed by atoms with E-state index in [0.29, 0.717) is 23.4 Å². The molecule has 0 saturated heterocycles. The average Bonchev–Trinajstić information content (AvgIpc) is 2.44. The highest BCUT2D eigenvalue weighted by Crippen LogP contribution is 2.24. The second kappa shape index (κ2) is 8.67. The predicted octanol–water partition coefficient (Wildman–Crippen LogP) is 3.36. The predicted molar refractivity (Wildman–Crippen MR) is 88.0 cm³/mol. The van der Waals surface area contributed by atoms with Gasteiger partial charge in [-0.1, -0.05) is 13.3 Å². The van der Waals surface area contributed by atoms with Gasteiger partial charge in [0.05, 0.1) is 11.8 Å². The molecule has 0 saturated carbocycles. The van der Waals surface area contributed by atoms with Crippen LogP contribution in [0.1, 0.15) is 50.4 Å². The molecule has 0 unspecified atom stereocenters. The molecule has 0 aliphatic rings. The van der Waals surface area contributed by atoms with E-state index >= 15 is 0 Å². The van der Waals surface area contributed by atoms with Gasteiger partial charge < -0.3 is 15.4 Å². The van der Waals surface area contributed by atoms with Crippen LogP contribution >= 0.6 is 0 Å². The lowest BCUT2D eigenvalue weighted by Crippen LogP contribution is -2.23. The van der Waals surface area contributed by atoms with E-state index in [2.05, 4.69) is 18.9 Å². The normalized spacial score (nSPS) is 11.1. The molecule has 1 rings (SSSR count). The summed E-state index contributed by atoms with van der Waals surface area (Å²) in [5.74, 6) is 0.766. The van der Waals surface area contributed by atoms with E-state index in [4.69, 9.17) is 10.5 Å². The number of carbonyl (C=O) groups excluding carboxylic acids is 1. The zero-order valence-corrected chi connectivity index (χ0v) is 13.7. The fraction of sp³-hybridized carbons (Fsp3) is 0.588. The molecule has 0 aromatic heterocycles. The number of anilines is 1. The smallest absolute Gasteiger partial charge is 0.164 e. The monoisotopic (exact) mass is 292 g/mol. The van der Waals surface area contributed by atoms with Crippen LogP contribution in [0, 0.1) is 0 Å². The van der Waals surface area contributed by atoms with Gasteiger partial charge in [0.15, 0.2) is 5.78 Å². The van der Waals surface area contributed by atoms with Crippen molar-refractivity contribution in [3.05, 3.63) is 23.8 Å². The number of nitrogens with zero attached hydrogens (tertiary/aromatic N) is 1. The Labute approximate surface area is 128 Å². The van der Waals surface area contributed by atoms with Crippen molar-refractivity contribution in [1.82, 2.24) is 4.90 Å². The van der Waals surface area contributed by atoms with Gasteiger partial charge in [0, 0.05) is 18.5 Å². The van der Waals surface area contributed by atoms with Gasteiger partial charge in [-0.3, -0.25) is 4.79 Å². The summed E-state index contributed by atoms with van der Waals surface area (Å²) in [7, 11) is 2.05. The molecule has 0 aliphatic carbocycles. The number of carbonyl (C=O) groups is 1. The summed E-state index contributed by atoms with van der Waals surface area (Å²) in [6, 6.07) is 5.29. The molecular weight excluding hydrogens is 264 g/mol. The number of nitrogens with two attached hydrogens (primary N) is 1. The van der Waals surface area contributed by atoms with Gasteiger partial charge in [0.2, 0.25) is 0 Å². The van der Waals surface area contributed by atoms with Crippen molar-refractivity contribution < 1.29 is 9.53 Å². The molecule has 1 aromatic rings. The van der Waals surface area contributed by atoms with E-state index in [1.54, 1.807) is 18.2 Å². The first kappa shape index (κ1) is 17.5. The Kier molecular flexibility index (Phi) is 7.23. The van der Waals surface area contributed by atoms with Crippen LogP contribution in [-0.4, -0.2) is 36.9 Å². The molecule has 0 fully saturated rings. The number of hydrogen-bond acceptors (Lipinski definition) is 4. The van der Waals surface area contributed by atoms with Crippen LogP contribution in [0.2, 0.25) is 0 Å². The van der Waals surface area contributed by atoms with Gasteiger partial charge in [0.1, 0.15) is 5.75 Å². The maximum absolute atomic E-state index is 12.2. The van der Waals surface area contributed by atoms with Gasteiger partial charge in [-0.05, 0) is 52.1 Å². The minimum absolute atomic E-state index is 0.0704. The molecule has 118 valence electrons. The van der Waals surface area contributed by atoms with Crippen molar-refractivity contribution >= 4 is 11.5 Å². The third-order valence-corrected chi connectivity index (χ3v) is 3.31. The summed E-state index contributed by atoms with van der Waals surface area (Å²) in [5.41, 5.74) is 7.12. The van der Waals surface area contributed by atoms with Gasteiger partial charge in [-0.15, -0.1) is 0 Å². The van der Waals surface area contributed by atoms with Gasteiger partial charge in [-0.2, -0.15) is 0 Å². The lowest BCUT2D eigenvalue weighted by Gasteiger charge is -2.16. The quantitative estimate of drug-likeness (QED) is 0.560. The SMILES string of the molecule is CCCCN(C)CCC(=O)c1ccc(OC(C)C)c(N)c1. The van der Waals surface area contributed by atoms with E-state index in [1.807, 2.05) is 13.8 Å². The highest BCUT2D eigenvalue weighted by Gasteiger charge is 2.11. The molecule has 4 heteroatoms. The van der Waals surface area contributed by atoms with Crippen molar-refractivity contribution in [2.45, 2.75) is 46.1 Å². The largest absolute Gasteiger partial charge is 0.489 e. The third-order valence-electron chi connectivity index (χ3n) is 3.31. The summed E-state index contributed by atoms with van der Waals surface area (Å²) in [6.07, 6.45) is 2.93. The molecule has 1 aromatic carbocycles. The fourth-order valence-corrected chi connectivity index (χ4v) is 2.06. The molecule has 4 nitrogen and oxygen atoms in total. The van der Waals surface area contributed by atoms with E-state index in [1.165, 1.54) is 12.8 Å². The van der Waals surface area contributed by atoms with Crippen molar-refractivity contribution in [3.8, 4) is 5.75 Å². The highest BCUT2D eigenvalue weighted by atomic mass is 16.5. The third kappa shape index (κ3) is 6.17. The fourth-order valence-electron chi connectivity index (χ4n) is 2.06. The molecule has 0 heterocycles. The molecule has 0 amide bonds. The summed E-state index contributed by atoms with van der Waals surface area (Å²) in [5, 5.41) is 0. The zero-order chi connectivity index (χ0) is 15.8. The minimum atomic E-state index is 0.0704. The highest BCUT2D eigenvalue weighted by molar-refractivity contribution is 5.97. The summed E-state index contributed by atoms with van der Waals surface area (Å²) in [4.78, 5) is 14.4. The Balaban J connectivity index is 2.56. The molecular formula is C17H28N2O2. The van der Waals surface area contributed by atoms with Crippen molar-refractivity contribution in [2.24, 2.45) is 0 Å². The van der Waals surface area contributed by atoms with Crippen molar-refractivity contribution in [1.29, 1.82) is 0 Å².